The maximum absolute atomic E-state index is 15.5. The number of aromatic nitrogens is 4. The molecule has 3 aromatic heterocycles. The highest BCUT2D eigenvalue weighted by Crippen LogP contribution is 2.14. The Labute approximate surface area is 228 Å². The van der Waals surface area contributed by atoms with E-state index in [2.05, 4.69) is 15.0 Å². The van der Waals surface area contributed by atoms with Crippen LogP contribution in [0.2, 0.25) is 0 Å². The average Bonchev–Trinajstić information content (AvgIpc) is 3.48. The number of imidazole rings is 1. The number of nitrogens with zero attached hydrogens (tertiary/aromatic N) is 5. The predicted octanol–water partition coefficient (Wildman–Crippen LogP) is 1.98. The number of allylic oxidation sites excluding steroid dienone is 2. The van der Waals surface area contributed by atoms with Crippen LogP contribution in [-0.2, 0) is 48.2 Å². The minimum atomic E-state index is -0.955. The van der Waals surface area contributed by atoms with E-state index in [0.717, 1.165) is 4.57 Å². The van der Waals surface area contributed by atoms with Crippen LogP contribution in [0.25, 0.3) is 11.2 Å². The van der Waals surface area contributed by atoms with E-state index in [1.807, 2.05) is 0 Å². The molecule has 0 amide bonds. The summed E-state index contributed by atoms with van der Waals surface area (Å²) in [4.78, 5) is 47.3. The maximum atomic E-state index is 15.5. The molecule has 40 heavy (non-hydrogen) atoms. The van der Waals surface area contributed by atoms with Gasteiger partial charge in [-0.25, -0.2) is 9.78 Å². The summed E-state index contributed by atoms with van der Waals surface area (Å²) in [5.41, 5.74) is 0.442. The van der Waals surface area contributed by atoms with Gasteiger partial charge in [0.05, 0.1) is 32.0 Å². The van der Waals surface area contributed by atoms with Crippen LogP contribution in [-0.4, -0.2) is 58.5 Å². The number of carbonyl (C=O) groups is 2. The van der Waals surface area contributed by atoms with Crippen LogP contribution in [0.3, 0.4) is 0 Å². The van der Waals surface area contributed by atoms with Gasteiger partial charge in [0.2, 0.25) is 0 Å². The molecular formula is C25H32FN5O9. The lowest BCUT2D eigenvalue weighted by atomic mass is 10.2. The second kappa shape index (κ2) is 13.7. The van der Waals surface area contributed by atoms with Crippen molar-refractivity contribution in [2.45, 2.75) is 59.9 Å². The number of methoxy groups -OCH3 is 2. The van der Waals surface area contributed by atoms with E-state index < -0.39 is 18.0 Å². The molecule has 0 saturated heterocycles. The van der Waals surface area contributed by atoms with Crippen molar-refractivity contribution in [3.8, 4) is 0 Å². The van der Waals surface area contributed by atoms with Crippen LogP contribution >= 0.6 is 0 Å². The largest absolute Gasteiger partial charge is 0.519 e. The van der Waals surface area contributed by atoms with Gasteiger partial charge < -0.3 is 32.3 Å². The minimum absolute atomic E-state index is 0.0170. The van der Waals surface area contributed by atoms with Crippen LogP contribution in [0.15, 0.2) is 36.5 Å². The fourth-order valence-corrected chi connectivity index (χ4v) is 3.58. The third-order valence-electron chi connectivity index (χ3n) is 6.01. The Balaban J connectivity index is 2.03. The van der Waals surface area contributed by atoms with Crippen molar-refractivity contribution in [1.29, 1.82) is 0 Å². The Hall–Kier alpha value is -4.27. The number of hydrogen-bond acceptors (Lipinski definition) is 12. The van der Waals surface area contributed by atoms with E-state index in [1.165, 1.54) is 27.5 Å². The number of carbonyl (C=O) groups excluding carboxylic acids is 2. The first-order chi connectivity index (χ1) is 19.1. The lowest BCUT2D eigenvalue weighted by Gasteiger charge is -2.17. The Bertz CT molecular complexity index is 1500. The molecule has 15 heteroatoms. The molecule has 0 spiro atoms. The summed E-state index contributed by atoms with van der Waals surface area (Å²) in [6, 6.07) is 0. The molecule has 0 aromatic carbocycles. The zero-order valence-electron chi connectivity index (χ0n) is 23.1. The van der Waals surface area contributed by atoms with Crippen molar-refractivity contribution in [3.63, 3.8) is 0 Å². The summed E-state index contributed by atoms with van der Waals surface area (Å²) < 4.78 is 49.0. The molecule has 3 rings (SSSR count). The molecule has 218 valence electrons. The number of hydrogen-bond donors (Lipinski definition) is 0. The van der Waals surface area contributed by atoms with Crippen molar-refractivity contribution in [2.75, 3.05) is 20.8 Å². The van der Waals surface area contributed by atoms with Crippen LogP contribution < -0.4 is 11.3 Å². The zero-order valence-corrected chi connectivity index (χ0v) is 23.1. The van der Waals surface area contributed by atoms with Crippen LogP contribution in [0.5, 0.6) is 0 Å². The third-order valence-corrected chi connectivity index (χ3v) is 6.01. The normalized spacial score (nSPS) is 13.4. The summed E-state index contributed by atoms with van der Waals surface area (Å²) >= 11 is 0. The first-order valence-electron chi connectivity index (χ1n) is 12.3. The summed E-state index contributed by atoms with van der Waals surface area (Å²) in [5, 5.41) is 0. The Kier molecular flexibility index (Phi) is 10.4. The van der Waals surface area contributed by atoms with Gasteiger partial charge in [0, 0.05) is 13.7 Å². The van der Waals surface area contributed by atoms with Crippen LogP contribution in [0.1, 0.15) is 38.7 Å². The molecule has 0 saturated carbocycles. The minimum Gasteiger partial charge on any atom is -0.498 e. The van der Waals surface area contributed by atoms with Gasteiger partial charge in [-0.3, -0.25) is 19.1 Å². The SMILES string of the molecule is CO/C(C)=C(/Cn1c(F)nc2c(ncn2CCC(COC(=O)C(C)C)OC)c1=NCc1oc(=O)oc1C)OC=O. The van der Waals surface area contributed by atoms with Gasteiger partial charge in [-0.05, 0) is 20.3 Å². The number of rotatable bonds is 14. The number of ether oxygens (including phenoxy) is 4. The summed E-state index contributed by atoms with van der Waals surface area (Å²) in [6.45, 7) is 6.63. The Morgan fingerprint density at radius 2 is 2.02 bits per heavy atom. The monoisotopic (exact) mass is 565 g/mol. The summed E-state index contributed by atoms with van der Waals surface area (Å²) in [7, 11) is 2.88. The second-order valence-electron chi connectivity index (χ2n) is 8.98. The standard InChI is InChI=1S/C25H32FN5O9/c1-14(2)23(33)37-11-17(36-6)7-8-30-12-28-20-21(27-9-18-16(4)39-25(34)40-18)31(24(26)29-22(20)30)10-19(38-13-32)15(3)35-5/h12-14,17H,7-11H2,1-6H3/b19-15-,27-21?. The summed E-state index contributed by atoms with van der Waals surface area (Å²) in [6.07, 6.45) is 0.503. The smallest absolute Gasteiger partial charge is 0.498 e. The number of fused-ring (bicyclic) bond motifs is 1. The molecule has 0 aliphatic carbocycles. The molecule has 0 radical (unpaired) electrons. The molecule has 14 nitrogen and oxygen atoms in total. The van der Waals surface area contributed by atoms with Crippen LogP contribution in [0.4, 0.5) is 4.39 Å². The summed E-state index contributed by atoms with van der Waals surface area (Å²) in [5.74, 6) is -0.880. The van der Waals surface area contributed by atoms with Crippen molar-refractivity contribution in [1.82, 2.24) is 19.1 Å². The quantitative estimate of drug-likeness (QED) is 0.122. The third kappa shape index (κ3) is 7.22. The van der Waals surface area contributed by atoms with Crippen molar-refractivity contribution >= 4 is 23.6 Å². The molecule has 0 aliphatic rings. The van der Waals surface area contributed by atoms with Gasteiger partial charge in [-0.2, -0.15) is 9.37 Å². The van der Waals surface area contributed by atoms with Crippen molar-refractivity contribution < 1.29 is 41.8 Å². The van der Waals surface area contributed by atoms with Gasteiger partial charge >= 0.3 is 11.8 Å². The Morgan fingerprint density at radius 3 is 2.62 bits per heavy atom. The lowest BCUT2D eigenvalue weighted by molar-refractivity contribution is -0.151. The molecule has 3 heterocycles. The van der Waals surface area contributed by atoms with Crippen molar-refractivity contribution in [3.05, 3.63) is 51.5 Å². The van der Waals surface area contributed by atoms with Gasteiger partial charge in [0.15, 0.2) is 28.2 Å². The van der Waals surface area contributed by atoms with E-state index >= 15 is 4.39 Å². The molecule has 0 bridgehead atoms. The number of esters is 1. The molecular weight excluding hydrogens is 533 g/mol. The van der Waals surface area contributed by atoms with Gasteiger partial charge in [0.25, 0.3) is 12.6 Å². The first-order valence-corrected chi connectivity index (χ1v) is 12.3. The van der Waals surface area contributed by atoms with E-state index in [0.29, 0.717) is 13.0 Å². The highest BCUT2D eigenvalue weighted by atomic mass is 19.1. The first kappa shape index (κ1) is 30.3. The molecule has 1 unspecified atom stereocenters. The van der Waals surface area contributed by atoms with Gasteiger partial charge in [0.1, 0.15) is 24.7 Å². The van der Waals surface area contributed by atoms with Gasteiger partial charge in [-0.1, -0.05) is 13.8 Å². The zero-order chi connectivity index (χ0) is 29.4. The molecule has 1 atom stereocenters. The van der Waals surface area contributed by atoms with E-state index in [9.17, 15) is 14.4 Å². The van der Waals surface area contributed by atoms with E-state index in [4.69, 9.17) is 27.8 Å². The number of aryl methyl sites for hydroxylation is 2. The van der Waals surface area contributed by atoms with Crippen molar-refractivity contribution in [2.24, 2.45) is 10.9 Å². The van der Waals surface area contributed by atoms with Crippen LogP contribution in [0, 0.1) is 18.9 Å². The molecule has 0 aliphatic heterocycles. The lowest BCUT2D eigenvalue weighted by Crippen LogP contribution is -2.29. The predicted molar refractivity (Wildman–Crippen MR) is 135 cm³/mol. The highest BCUT2D eigenvalue weighted by molar-refractivity contribution is 5.71. The maximum Gasteiger partial charge on any atom is 0.519 e. The molecule has 0 N–H and O–H groups in total. The highest BCUT2D eigenvalue weighted by Gasteiger charge is 2.20. The average molecular weight is 566 g/mol. The topological polar surface area (TPSA) is 162 Å². The second-order valence-corrected chi connectivity index (χ2v) is 8.98. The fraction of sp³-hybridized carbons (Fsp3) is 0.520. The fourth-order valence-electron chi connectivity index (χ4n) is 3.58. The van der Waals surface area contributed by atoms with E-state index in [-0.39, 0.29) is 77.7 Å². The van der Waals surface area contributed by atoms with Gasteiger partial charge in [-0.15, -0.1) is 0 Å². The number of halogens is 1. The Morgan fingerprint density at radius 1 is 1.27 bits per heavy atom. The van der Waals surface area contributed by atoms with E-state index in [1.54, 1.807) is 25.3 Å². The molecule has 3 aromatic rings. The molecule has 0 fully saturated rings.